The maximum atomic E-state index is 12.0. The molecular formula is C16H14N2O2. The Hall–Kier alpha value is -2.62. The summed E-state index contributed by atoms with van der Waals surface area (Å²) in [6, 6.07) is 15.3. The molecule has 0 unspecified atom stereocenters. The van der Waals surface area contributed by atoms with E-state index in [1.165, 1.54) is 12.0 Å². The summed E-state index contributed by atoms with van der Waals surface area (Å²) >= 11 is 0. The Kier molecular flexibility index (Phi) is 3.46. The van der Waals surface area contributed by atoms with Gasteiger partial charge >= 0.3 is 0 Å². The Labute approximate surface area is 116 Å². The van der Waals surface area contributed by atoms with Crippen LogP contribution in [0.1, 0.15) is 15.9 Å². The van der Waals surface area contributed by atoms with E-state index in [0.29, 0.717) is 23.2 Å². The fourth-order valence-electron chi connectivity index (χ4n) is 2.07. The van der Waals surface area contributed by atoms with Gasteiger partial charge in [-0.3, -0.25) is 4.79 Å². The lowest BCUT2D eigenvalue weighted by Gasteiger charge is -2.05. The Morgan fingerprint density at radius 2 is 2.00 bits per heavy atom. The van der Waals surface area contributed by atoms with Gasteiger partial charge in [-0.15, -0.1) is 0 Å². The first-order valence-corrected chi connectivity index (χ1v) is 6.48. The number of benzene rings is 2. The summed E-state index contributed by atoms with van der Waals surface area (Å²) in [5.41, 5.74) is 3.19. The van der Waals surface area contributed by atoms with Gasteiger partial charge in [-0.1, -0.05) is 30.3 Å². The van der Waals surface area contributed by atoms with Crippen LogP contribution in [-0.2, 0) is 6.42 Å². The molecule has 2 aromatic carbocycles. The van der Waals surface area contributed by atoms with Crippen molar-refractivity contribution in [1.82, 2.24) is 10.3 Å². The molecule has 1 aromatic heterocycles. The van der Waals surface area contributed by atoms with Crippen LogP contribution in [0.4, 0.5) is 0 Å². The van der Waals surface area contributed by atoms with Crippen LogP contribution in [0.3, 0.4) is 0 Å². The molecule has 0 saturated carbocycles. The number of rotatable bonds is 4. The van der Waals surface area contributed by atoms with Crippen molar-refractivity contribution in [3.8, 4) is 0 Å². The van der Waals surface area contributed by atoms with E-state index >= 15 is 0 Å². The molecule has 4 nitrogen and oxygen atoms in total. The van der Waals surface area contributed by atoms with Gasteiger partial charge in [0.25, 0.3) is 5.91 Å². The summed E-state index contributed by atoms with van der Waals surface area (Å²) in [5.74, 6) is -0.0918. The van der Waals surface area contributed by atoms with Crippen LogP contribution in [0.15, 0.2) is 59.3 Å². The number of hydrogen-bond acceptors (Lipinski definition) is 3. The molecule has 1 amide bonds. The van der Waals surface area contributed by atoms with Gasteiger partial charge in [0.1, 0.15) is 5.52 Å². The van der Waals surface area contributed by atoms with E-state index in [0.717, 1.165) is 6.42 Å². The summed E-state index contributed by atoms with van der Waals surface area (Å²) in [7, 11) is 0. The maximum absolute atomic E-state index is 12.0. The van der Waals surface area contributed by atoms with E-state index in [1.807, 2.05) is 30.3 Å². The molecule has 1 N–H and O–H groups in total. The van der Waals surface area contributed by atoms with E-state index in [4.69, 9.17) is 4.42 Å². The summed E-state index contributed by atoms with van der Waals surface area (Å²) < 4.78 is 5.15. The fourth-order valence-corrected chi connectivity index (χ4v) is 2.07. The van der Waals surface area contributed by atoms with E-state index < -0.39 is 0 Å². The minimum atomic E-state index is -0.0918. The summed E-state index contributed by atoms with van der Waals surface area (Å²) in [6.07, 6.45) is 2.19. The molecule has 0 aliphatic heterocycles. The van der Waals surface area contributed by atoms with Crippen molar-refractivity contribution < 1.29 is 9.21 Å². The lowest BCUT2D eigenvalue weighted by molar-refractivity contribution is 0.0954. The third-order valence-corrected chi connectivity index (χ3v) is 3.13. The van der Waals surface area contributed by atoms with E-state index in [-0.39, 0.29) is 5.91 Å². The number of carbonyl (C=O) groups excluding carboxylic acids is 1. The third-order valence-electron chi connectivity index (χ3n) is 3.13. The zero-order valence-corrected chi connectivity index (χ0v) is 10.9. The minimum Gasteiger partial charge on any atom is -0.443 e. The molecule has 0 atom stereocenters. The number of fused-ring (bicyclic) bond motifs is 1. The average Bonchev–Trinajstić information content (AvgIpc) is 2.95. The molecular weight excluding hydrogens is 252 g/mol. The van der Waals surface area contributed by atoms with Crippen molar-refractivity contribution in [1.29, 1.82) is 0 Å². The second-order valence-electron chi connectivity index (χ2n) is 4.53. The predicted octanol–water partition coefficient (Wildman–Crippen LogP) is 2.80. The summed E-state index contributed by atoms with van der Waals surface area (Å²) in [4.78, 5) is 16.1. The minimum absolute atomic E-state index is 0.0918. The molecule has 4 heteroatoms. The largest absolute Gasteiger partial charge is 0.443 e. The first-order chi connectivity index (χ1) is 9.83. The van der Waals surface area contributed by atoms with Gasteiger partial charge in [-0.05, 0) is 30.2 Å². The Morgan fingerprint density at radius 3 is 2.85 bits per heavy atom. The smallest absolute Gasteiger partial charge is 0.251 e. The molecule has 0 saturated heterocycles. The van der Waals surface area contributed by atoms with Crippen molar-refractivity contribution in [2.75, 3.05) is 6.54 Å². The Morgan fingerprint density at radius 1 is 1.15 bits per heavy atom. The molecule has 0 fully saturated rings. The molecule has 20 heavy (non-hydrogen) atoms. The Bertz CT molecular complexity index is 719. The number of aromatic nitrogens is 1. The molecule has 0 bridgehead atoms. The molecule has 1 heterocycles. The highest BCUT2D eigenvalue weighted by molar-refractivity contribution is 5.97. The number of amides is 1. The van der Waals surface area contributed by atoms with E-state index in [2.05, 4.69) is 10.3 Å². The fraction of sp³-hybridized carbons (Fsp3) is 0.125. The van der Waals surface area contributed by atoms with Crippen LogP contribution in [0.5, 0.6) is 0 Å². The molecule has 0 aliphatic carbocycles. The van der Waals surface area contributed by atoms with Crippen molar-refractivity contribution in [3.05, 3.63) is 66.1 Å². The molecule has 3 aromatic rings. The first kappa shape index (κ1) is 12.4. The monoisotopic (exact) mass is 266 g/mol. The normalized spacial score (nSPS) is 10.6. The lowest BCUT2D eigenvalue weighted by atomic mass is 10.1. The second kappa shape index (κ2) is 5.57. The number of nitrogens with zero attached hydrogens (tertiary/aromatic N) is 1. The van der Waals surface area contributed by atoms with Crippen LogP contribution in [0.2, 0.25) is 0 Å². The Balaban J connectivity index is 1.61. The molecule has 100 valence electrons. The van der Waals surface area contributed by atoms with Gasteiger partial charge in [-0.25, -0.2) is 4.98 Å². The lowest BCUT2D eigenvalue weighted by Crippen LogP contribution is -2.25. The van der Waals surface area contributed by atoms with Crippen molar-refractivity contribution in [3.63, 3.8) is 0 Å². The number of oxazole rings is 1. The average molecular weight is 266 g/mol. The van der Waals surface area contributed by atoms with Crippen molar-refractivity contribution >= 4 is 17.0 Å². The van der Waals surface area contributed by atoms with Crippen LogP contribution in [0.25, 0.3) is 11.1 Å². The van der Waals surface area contributed by atoms with E-state index in [1.54, 1.807) is 18.2 Å². The molecule has 3 rings (SSSR count). The van der Waals surface area contributed by atoms with Gasteiger partial charge in [0.15, 0.2) is 12.0 Å². The zero-order chi connectivity index (χ0) is 13.8. The topological polar surface area (TPSA) is 55.1 Å². The summed E-state index contributed by atoms with van der Waals surface area (Å²) in [5, 5.41) is 2.91. The van der Waals surface area contributed by atoms with Crippen molar-refractivity contribution in [2.45, 2.75) is 6.42 Å². The number of hydrogen-bond donors (Lipinski definition) is 1. The van der Waals surface area contributed by atoms with Crippen LogP contribution >= 0.6 is 0 Å². The maximum Gasteiger partial charge on any atom is 0.251 e. The molecule has 0 radical (unpaired) electrons. The van der Waals surface area contributed by atoms with Gasteiger partial charge in [0.2, 0.25) is 0 Å². The van der Waals surface area contributed by atoms with Gasteiger partial charge in [-0.2, -0.15) is 0 Å². The predicted molar refractivity (Wildman–Crippen MR) is 76.5 cm³/mol. The van der Waals surface area contributed by atoms with Gasteiger partial charge in [0, 0.05) is 12.1 Å². The highest BCUT2D eigenvalue weighted by Gasteiger charge is 2.07. The quantitative estimate of drug-likeness (QED) is 0.790. The second-order valence-corrected chi connectivity index (χ2v) is 4.53. The van der Waals surface area contributed by atoms with E-state index in [9.17, 15) is 4.79 Å². The number of carbonyl (C=O) groups is 1. The van der Waals surface area contributed by atoms with Gasteiger partial charge in [0.05, 0.1) is 0 Å². The van der Waals surface area contributed by atoms with Crippen molar-refractivity contribution in [2.24, 2.45) is 0 Å². The highest BCUT2D eigenvalue weighted by atomic mass is 16.3. The molecule has 0 aliphatic rings. The van der Waals surface area contributed by atoms with Crippen LogP contribution < -0.4 is 5.32 Å². The SMILES string of the molecule is O=C(NCCc1ccccc1)c1ccc2ocnc2c1. The summed E-state index contributed by atoms with van der Waals surface area (Å²) in [6.45, 7) is 0.611. The third kappa shape index (κ3) is 2.69. The van der Waals surface area contributed by atoms with Crippen LogP contribution in [0, 0.1) is 0 Å². The first-order valence-electron chi connectivity index (χ1n) is 6.48. The van der Waals surface area contributed by atoms with Gasteiger partial charge < -0.3 is 9.73 Å². The zero-order valence-electron chi connectivity index (χ0n) is 10.9. The standard InChI is InChI=1S/C16H14N2O2/c19-16(17-9-8-12-4-2-1-3-5-12)13-6-7-15-14(10-13)18-11-20-15/h1-7,10-11H,8-9H2,(H,17,19). The molecule has 0 spiro atoms. The number of nitrogens with one attached hydrogen (secondary N) is 1. The van der Waals surface area contributed by atoms with Crippen LogP contribution in [-0.4, -0.2) is 17.4 Å². The highest BCUT2D eigenvalue weighted by Crippen LogP contribution is 2.14.